The van der Waals surface area contributed by atoms with Gasteiger partial charge < -0.3 is 15.3 Å². The number of likely N-dealkylation sites (tertiary alicyclic amines) is 1. The van der Waals surface area contributed by atoms with Crippen LogP contribution in [0.1, 0.15) is 57.7 Å². The summed E-state index contributed by atoms with van der Waals surface area (Å²) in [5.41, 5.74) is 2.13. The summed E-state index contributed by atoms with van der Waals surface area (Å²) in [6, 6.07) is 8.77. The van der Waals surface area contributed by atoms with Crippen LogP contribution in [0.4, 0.5) is 0 Å². The third-order valence-corrected chi connectivity index (χ3v) is 4.83. The molecule has 2 N–H and O–H groups in total. The number of aliphatic hydroxyl groups is 1. The number of nitrogens with one attached hydrogen (secondary N) is 1. The number of benzene rings is 1. The van der Waals surface area contributed by atoms with Crippen molar-refractivity contribution in [2.45, 2.75) is 59.0 Å². The van der Waals surface area contributed by atoms with E-state index >= 15 is 0 Å². The van der Waals surface area contributed by atoms with Crippen molar-refractivity contribution >= 4 is 5.91 Å². The normalized spacial score (nSPS) is 17.8. The Hall–Kier alpha value is -1.39. The van der Waals surface area contributed by atoms with E-state index in [1.165, 1.54) is 5.56 Å². The molecule has 4 nitrogen and oxygen atoms in total. The Labute approximate surface area is 146 Å². The quantitative estimate of drug-likeness (QED) is 0.872. The van der Waals surface area contributed by atoms with E-state index in [4.69, 9.17) is 0 Å². The molecule has 1 aromatic rings. The van der Waals surface area contributed by atoms with E-state index in [9.17, 15) is 9.90 Å². The summed E-state index contributed by atoms with van der Waals surface area (Å²) in [5.74, 6) is 0.231. The number of aryl methyl sites for hydroxylation is 1. The molecule has 0 spiro atoms. The highest BCUT2D eigenvalue weighted by molar-refractivity contribution is 5.81. The molecule has 1 aliphatic heterocycles. The average molecular weight is 332 g/mol. The zero-order valence-corrected chi connectivity index (χ0v) is 15.5. The second-order valence-electron chi connectivity index (χ2n) is 7.81. The number of carbonyl (C=O) groups excluding carboxylic acids is 1. The molecule has 1 atom stereocenters. The van der Waals surface area contributed by atoms with Gasteiger partial charge in [-0.15, -0.1) is 0 Å². The first-order valence-corrected chi connectivity index (χ1v) is 9.10. The Kier molecular flexibility index (Phi) is 6.41. The van der Waals surface area contributed by atoms with Gasteiger partial charge in [-0.25, -0.2) is 0 Å². The summed E-state index contributed by atoms with van der Waals surface area (Å²) in [4.78, 5) is 14.3. The number of hydrogen-bond acceptors (Lipinski definition) is 3. The van der Waals surface area contributed by atoms with Gasteiger partial charge in [0.05, 0.1) is 12.6 Å². The molecule has 4 heteroatoms. The van der Waals surface area contributed by atoms with Crippen molar-refractivity contribution in [1.82, 2.24) is 10.2 Å². The van der Waals surface area contributed by atoms with E-state index in [1.807, 2.05) is 25.7 Å². The summed E-state index contributed by atoms with van der Waals surface area (Å²) < 4.78 is 0. The van der Waals surface area contributed by atoms with Crippen molar-refractivity contribution in [1.29, 1.82) is 0 Å². The van der Waals surface area contributed by atoms with Gasteiger partial charge in [0, 0.05) is 24.5 Å². The smallest absolute Gasteiger partial charge is 0.227 e. The fourth-order valence-electron chi connectivity index (χ4n) is 3.25. The minimum absolute atomic E-state index is 0.0363. The topological polar surface area (TPSA) is 52.6 Å². The summed E-state index contributed by atoms with van der Waals surface area (Å²) in [7, 11) is 0. The van der Waals surface area contributed by atoms with Crippen LogP contribution < -0.4 is 5.32 Å². The second kappa shape index (κ2) is 8.13. The Morgan fingerprint density at radius 3 is 2.29 bits per heavy atom. The molecule has 1 amide bonds. The van der Waals surface area contributed by atoms with Gasteiger partial charge in [0.1, 0.15) is 0 Å². The van der Waals surface area contributed by atoms with Gasteiger partial charge in [0.2, 0.25) is 5.91 Å². The molecule has 0 bridgehead atoms. The third kappa shape index (κ3) is 4.81. The number of nitrogens with zero attached hydrogens (tertiary/aromatic N) is 1. The zero-order valence-electron chi connectivity index (χ0n) is 15.5. The molecule has 1 aliphatic rings. The van der Waals surface area contributed by atoms with Crippen LogP contribution in [0.25, 0.3) is 0 Å². The van der Waals surface area contributed by atoms with Crippen molar-refractivity contribution < 1.29 is 9.90 Å². The summed E-state index contributed by atoms with van der Waals surface area (Å²) in [6.45, 7) is 9.74. The highest BCUT2D eigenvalue weighted by Gasteiger charge is 2.30. The first-order chi connectivity index (χ1) is 11.3. The Morgan fingerprint density at radius 1 is 1.25 bits per heavy atom. The molecule has 1 saturated heterocycles. The Balaban J connectivity index is 1.90. The van der Waals surface area contributed by atoms with Crippen molar-refractivity contribution in [3.8, 4) is 0 Å². The molecule has 24 heavy (non-hydrogen) atoms. The fraction of sp³-hybridized carbons (Fsp3) is 0.650. The molecular weight excluding hydrogens is 300 g/mol. The monoisotopic (exact) mass is 332 g/mol. The van der Waals surface area contributed by atoms with E-state index in [1.54, 1.807) is 0 Å². The molecular formula is C20H32N2O2. The van der Waals surface area contributed by atoms with E-state index < -0.39 is 0 Å². The lowest BCUT2D eigenvalue weighted by atomic mass is 9.92. The predicted octanol–water partition coefficient (Wildman–Crippen LogP) is 2.91. The third-order valence-electron chi connectivity index (χ3n) is 4.83. The maximum Gasteiger partial charge on any atom is 0.227 e. The van der Waals surface area contributed by atoms with Crippen LogP contribution in [0.5, 0.6) is 0 Å². The highest BCUT2D eigenvalue weighted by Crippen LogP contribution is 2.23. The summed E-state index contributed by atoms with van der Waals surface area (Å²) in [6.07, 6.45) is 2.90. The van der Waals surface area contributed by atoms with Crippen molar-refractivity contribution in [2.75, 3.05) is 19.7 Å². The predicted molar refractivity (Wildman–Crippen MR) is 97.8 cm³/mol. The van der Waals surface area contributed by atoms with Gasteiger partial charge >= 0.3 is 0 Å². The van der Waals surface area contributed by atoms with Crippen LogP contribution in [-0.2, 0) is 11.2 Å². The number of rotatable bonds is 5. The average Bonchev–Trinajstić information content (AvgIpc) is 2.59. The molecule has 134 valence electrons. The second-order valence-corrected chi connectivity index (χ2v) is 7.81. The SMILES string of the molecule is CCc1ccc(C(CO)NC2CCN(C(=O)C(C)(C)C)CC2)cc1. The van der Waals surface area contributed by atoms with E-state index in [2.05, 4.69) is 36.5 Å². The minimum Gasteiger partial charge on any atom is -0.394 e. The van der Waals surface area contributed by atoms with Crippen LogP contribution in [-0.4, -0.2) is 41.7 Å². The number of amides is 1. The highest BCUT2D eigenvalue weighted by atomic mass is 16.3. The molecule has 0 aliphatic carbocycles. The number of hydrogen-bond donors (Lipinski definition) is 2. The van der Waals surface area contributed by atoms with Gasteiger partial charge in [0.25, 0.3) is 0 Å². The largest absolute Gasteiger partial charge is 0.394 e. The molecule has 0 aromatic heterocycles. The lowest BCUT2D eigenvalue weighted by Gasteiger charge is -2.37. The molecule has 2 rings (SSSR count). The number of carbonyl (C=O) groups is 1. The van der Waals surface area contributed by atoms with Crippen LogP contribution >= 0.6 is 0 Å². The van der Waals surface area contributed by atoms with Crippen LogP contribution in [0, 0.1) is 5.41 Å². The number of piperidine rings is 1. The zero-order chi connectivity index (χ0) is 17.7. The summed E-state index contributed by atoms with van der Waals surface area (Å²) in [5, 5.41) is 13.3. The van der Waals surface area contributed by atoms with Crippen molar-refractivity contribution in [2.24, 2.45) is 5.41 Å². The van der Waals surface area contributed by atoms with Crippen LogP contribution in [0.2, 0.25) is 0 Å². The molecule has 0 radical (unpaired) electrons. The first-order valence-electron chi connectivity index (χ1n) is 9.10. The van der Waals surface area contributed by atoms with E-state index in [-0.39, 0.29) is 24.0 Å². The maximum absolute atomic E-state index is 12.4. The molecule has 1 heterocycles. The van der Waals surface area contributed by atoms with Crippen molar-refractivity contribution in [3.05, 3.63) is 35.4 Å². The van der Waals surface area contributed by atoms with Crippen molar-refractivity contribution in [3.63, 3.8) is 0 Å². The molecule has 0 saturated carbocycles. The minimum atomic E-state index is -0.311. The van der Waals surface area contributed by atoms with Crippen LogP contribution in [0.15, 0.2) is 24.3 Å². The van der Waals surface area contributed by atoms with Gasteiger partial charge in [-0.1, -0.05) is 52.0 Å². The van der Waals surface area contributed by atoms with Gasteiger partial charge in [-0.05, 0) is 30.4 Å². The van der Waals surface area contributed by atoms with Gasteiger partial charge in [-0.3, -0.25) is 4.79 Å². The Morgan fingerprint density at radius 2 is 1.83 bits per heavy atom. The molecule has 1 aromatic carbocycles. The number of aliphatic hydroxyl groups excluding tert-OH is 1. The lowest BCUT2D eigenvalue weighted by molar-refractivity contribution is -0.140. The first kappa shape index (κ1) is 18.9. The fourth-order valence-corrected chi connectivity index (χ4v) is 3.25. The molecule has 1 fully saturated rings. The van der Waals surface area contributed by atoms with Gasteiger partial charge in [0.15, 0.2) is 0 Å². The van der Waals surface area contributed by atoms with E-state index in [0.29, 0.717) is 6.04 Å². The lowest BCUT2D eigenvalue weighted by Crippen LogP contribution is -2.49. The van der Waals surface area contributed by atoms with Crippen LogP contribution in [0.3, 0.4) is 0 Å². The summed E-state index contributed by atoms with van der Waals surface area (Å²) >= 11 is 0. The maximum atomic E-state index is 12.4. The Bertz CT molecular complexity index is 526. The van der Waals surface area contributed by atoms with E-state index in [0.717, 1.165) is 37.9 Å². The standard InChI is InChI=1S/C20H32N2O2/c1-5-15-6-8-16(9-7-15)18(14-23)21-17-10-12-22(13-11-17)19(24)20(2,3)4/h6-9,17-18,21,23H,5,10-14H2,1-4H3. The molecule has 1 unspecified atom stereocenters. The van der Waals surface area contributed by atoms with Gasteiger partial charge in [-0.2, -0.15) is 0 Å².